The van der Waals surface area contributed by atoms with Crippen molar-refractivity contribution < 1.29 is 19.8 Å². The molecule has 0 bridgehead atoms. The Kier molecular flexibility index (Phi) is 3.13. The largest absolute Gasteiger partial charge is 0.481 e. The van der Waals surface area contributed by atoms with Gasteiger partial charge in [-0.1, -0.05) is 12.1 Å². The quantitative estimate of drug-likeness (QED) is 0.733. The van der Waals surface area contributed by atoms with Crippen LogP contribution in [0.15, 0.2) is 29.1 Å². The molecular formula is C14H12N4O5. The van der Waals surface area contributed by atoms with Crippen LogP contribution < -0.4 is 10.9 Å². The van der Waals surface area contributed by atoms with Gasteiger partial charge in [-0.2, -0.15) is 10.1 Å². The van der Waals surface area contributed by atoms with Crippen LogP contribution in [-0.2, 0) is 15.3 Å². The average Bonchev–Trinajstić information content (AvgIpc) is 2.48. The molecule has 118 valence electrons. The Morgan fingerprint density at radius 1 is 1.30 bits per heavy atom. The van der Waals surface area contributed by atoms with Crippen molar-refractivity contribution in [2.24, 2.45) is 0 Å². The van der Waals surface area contributed by atoms with Gasteiger partial charge in [-0.15, -0.1) is 0 Å². The molecule has 0 aliphatic carbocycles. The lowest BCUT2D eigenvalue weighted by molar-refractivity contribution is -0.153. The number of carboxylic acids is 2. The third kappa shape index (κ3) is 2.13. The second kappa shape index (κ2) is 4.90. The molecule has 23 heavy (non-hydrogen) atoms. The predicted molar refractivity (Wildman–Crippen MR) is 78.0 cm³/mol. The zero-order chi connectivity index (χ0) is 16.8. The summed E-state index contributed by atoms with van der Waals surface area (Å²) in [5.74, 6) is -2.75. The molecule has 2 heterocycles. The van der Waals surface area contributed by atoms with Gasteiger partial charge < -0.3 is 15.5 Å². The van der Waals surface area contributed by atoms with Crippen LogP contribution in [0.5, 0.6) is 0 Å². The van der Waals surface area contributed by atoms with E-state index in [2.05, 4.69) is 15.4 Å². The molecule has 1 unspecified atom stereocenters. The summed E-state index contributed by atoms with van der Waals surface area (Å²) in [5, 5.41) is 25.5. The summed E-state index contributed by atoms with van der Waals surface area (Å²) >= 11 is 0. The van der Waals surface area contributed by atoms with E-state index in [1.54, 1.807) is 24.3 Å². The monoisotopic (exact) mass is 316 g/mol. The molecule has 3 N–H and O–H groups in total. The van der Waals surface area contributed by atoms with E-state index in [1.807, 2.05) is 0 Å². The minimum Gasteiger partial charge on any atom is -0.481 e. The van der Waals surface area contributed by atoms with Gasteiger partial charge in [0.15, 0.2) is 5.82 Å². The maximum absolute atomic E-state index is 11.9. The summed E-state index contributed by atoms with van der Waals surface area (Å²) in [6, 6.07) is 6.59. The van der Waals surface area contributed by atoms with Gasteiger partial charge in [-0.05, 0) is 19.1 Å². The number of fused-ring (bicyclic) bond motifs is 3. The van der Waals surface area contributed by atoms with Crippen LogP contribution in [0, 0.1) is 6.92 Å². The summed E-state index contributed by atoms with van der Waals surface area (Å²) < 4.78 is 0.961. The van der Waals surface area contributed by atoms with E-state index in [0.29, 0.717) is 11.3 Å². The van der Waals surface area contributed by atoms with E-state index in [1.165, 1.54) is 6.92 Å². The van der Waals surface area contributed by atoms with E-state index in [-0.39, 0.29) is 11.5 Å². The predicted octanol–water partition coefficient (Wildman–Crippen LogP) is 0.251. The van der Waals surface area contributed by atoms with Crippen LogP contribution in [0.1, 0.15) is 12.1 Å². The third-order valence-corrected chi connectivity index (χ3v) is 3.60. The van der Waals surface area contributed by atoms with Gasteiger partial charge in [0.2, 0.25) is 5.66 Å². The van der Waals surface area contributed by atoms with Gasteiger partial charge in [-0.25, -0.2) is 9.48 Å². The molecule has 3 rings (SSSR count). The second-order valence-corrected chi connectivity index (χ2v) is 5.14. The van der Waals surface area contributed by atoms with Gasteiger partial charge in [0.05, 0.1) is 0 Å². The maximum atomic E-state index is 11.9. The molecule has 0 amide bonds. The van der Waals surface area contributed by atoms with Crippen LogP contribution in [-0.4, -0.2) is 36.9 Å². The first-order valence-corrected chi connectivity index (χ1v) is 6.66. The summed E-state index contributed by atoms with van der Waals surface area (Å²) in [7, 11) is 0. The van der Waals surface area contributed by atoms with Crippen molar-refractivity contribution in [3.63, 3.8) is 0 Å². The SMILES string of the molecule is Cc1nn2c(nc1=O)-c1ccccc1NC2(CC(=O)O)C(=O)O. The lowest BCUT2D eigenvalue weighted by Crippen LogP contribution is -2.54. The van der Waals surface area contributed by atoms with Gasteiger partial charge in [0, 0.05) is 11.3 Å². The zero-order valence-electron chi connectivity index (χ0n) is 12.0. The van der Waals surface area contributed by atoms with Gasteiger partial charge in [0.1, 0.15) is 12.1 Å². The normalized spacial score (nSPS) is 18.5. The van der Waals surface area contributed by atoms with Gasteiger partial charge >= 0.3 is 11.9 Å². The smallest absolute Gasteiger partial charge is 0.353 e. The molecule has 0 fully saturated rings. The van der Waals surface area contributed by atoms with Gasteiger partial charge in [-0.3, -0.25) is 9.59 Å². The first-order valence-electron chi connectivity index (χ1n) is 6.66. The number of rotatable bonds is 3. The molecule has 0 saturated carbocycles. The van der Waals surface area contributed by atoms with Crippen molar-refractivity contribution >= 4 is 17.6 Å². The van der Waals surface area contributed by atoms with E-state index in [9.17, 15) is 19.5 Å². The highest BCUT2D eigenvalue weighted by atomic mass is 16.4. The van der Waals surface area contributed by atoms with E-state index in [4.69, 9.17) is 5.11 Å². The van der Waals surface area contributed by atoms with Crippen molar-refractivity contribution in [1.29, 1.82) is 0 Å². The summed E-state index contributed by atoms with van der Waals surface area (Å²) in [6.07, 6.45) is -0.777. The highest BCUT2D eigenvalue weighted by Crippen LogP contribution is 2.38. The molecule has 0 spiro atoms. The first-order chi connectivity index (χ1) is 10.8. The molecule has 9 nitrogen and oxygen atoms in total. The molecule has 1 atom stereocenters. The van der Waals surface area contributed by atoms with Crippen LogP contribution >= 0.6 is 0 Å². The Morgan fingerprint density at radius 3 is 2.65 bits per heavy atom. The van der Waals surface area contributed by atoms with E-state index < -0.39 is 29.6 Å². The van der Waals surface area contributed by atoms with Crippen molar-refractivity contribution in [2.45, 2.75) is 19.0 Å². The Morgan fingerprint density at radius 2 is 2.00 bits per heavy atom. The summed E-state index contributed by atoms with van der Waals surface area (Å²) in [4.78, 5) is 38.8. The Bertz CT molecular complexity index is 891. The number of benzene rings is 1. The second-order valence-electron chi connectivity index (χ2n) is 5.14. The standard InChI is InChI=1S/C14H12N4O5/c1-7-12(21)15-11-8-4-2-3-5-9(8)16-14(13(22)23,6-10(19)20)18(11)17-7/h2-5,16H,6H2,1H3,(H,19,20)(H,22,23). The lowest BCUT2D eigenvalue weighted by atomic mass is 9.99. The number of nitrogens with zero attached hydrogens (tertiary/aromatic N) is 3. The number of anilines is 1. The van der Waals surface area contributed by atoms with Crippen molar-refractivity contribution in [2.75, 3.05) is 5.32 Å². The van der Waals surface area contributed by atoms with Crippen LogP contribution in [0.4, 0.5) is 5.69 Å². The molecule has 0 radical (unpaired) electrons. The number of aliphatic carboxylic acids is 2. The van der Waals surface area contributed by atoms with E-state index in [0.717, 1.165) is 4.68 Å². The number of para-hydroxylation sites is 1. The maximum Gasteiger partial charge on any atom is 0.353 e. The molecule has 1 aromatic heterocycles. The Hall–Kier alpha value is -3.23. The van der Waals surface area contributed by atoms with Gasteiger partial charge in [0.25, 0.3) is 5.56 Å². The molecule has 1 aliphatic heterocycles. The van der Waals surface area contributed by atoms with Crippen molar-refractivity contribution in [3.05, 3.63) is 40.3 Å². The molecule has 1 aromatic carbocycles. The van der Waals surface area contributed by atoms with E-state index >= 15 is 0 Å². The third-order valence-electron chi connectivity index (χ3n) is 3.60. The fraction of sp³-hybridized carbons (Fsp3) is 0.214. The summed E-state index contributed by atoms with van der Waals surface area (Å²) in [6.45, 7) is 1.39. The molecule has 9 heteroatoms. The molecular weight excluding hydrogens is 304 g/mol. The number of hydrogen-bond acceptors (Lipinski definition) is 6. The number of nitrogens with one attached hydrogen (secondary N) is 1. The van der Waals surface area contributed by atoms with Crippen molar-refractivity contribution in [3.8, 4) is 11.4 Å². The number of carboxylic acid groups (broad SMARTS) is 2. The fourth-order valence-corrected chi connectivity index (χ4v) is 2.53. The molecule has 2 aromatic rings. The fourth-order valence-electron chi connectivity index (χ4n) is 2.53. The summed E-state index contributed by atoms with van der Waals surface area (Å²) in [5.41, 5.74) is -1.84. The number of aryl methyl sites for hydroxylation is 1. The first kappa shape index (κ1) is 14.7. The highest BCUT2D eigenvalue weighted by Gasteiger charge is 2.48. The van der Waals surface area contributed by atoms with Crippen LogP contribution in [0.25, 0.3) is 11.4 Å². The lowest BCUT2D eigenvalue weighted by Gasteiger charge is -2.37. The minimum absolute atomic E-state index is 0.0126. The topological polar surface area (TPSA) is 134 Å². The molecule has 0 saturated heterocycles. The van der Waals surface area contributed by atoms with Crippen molar-refractivity contribution in [1.82, 2.24) is 14.8 Å². The Balaban J connectivity index is 2.39. The average molecular weight is 316 g/mol. The molecule has 1 aliphatic rings. The minimum atomic E-state index is -2.07. The van der Waals surface area contributed by atoms with Crippen LogP contribution in [0.2, 0.25) is 0 Å². The number of carbonyl (C=O) groups is 2. The Labute approximate surface area is 129 Å². The number of aromatic nitrogens is 3. The van der Waals surface area contributed by atoms with Crippen LogP contribution in [0.3, 0.4) is 0 Å². The highest BCUT2D eigenvalue weighted by molar-refractivity contribution is 5.90. The number of hydrogen-bond donors (Lipinski definition) is 3. The zero-order valence-corrected chi connectivity index (χ0v) is 12.0.